The maximum Gasteiger partial charge on any atom is 0.136 e. The molecule has 1 aliphatic rings. The Morgan fingerprint density at radius 3 is 3.08 bits per heavy atom. The molecule has 0 radical (unpaired) electrons. The zero-order chi connectivity index (χ0) is 9.15. The molecule has 1 unspecified atom stereocenters. The van der Waals surface area contributed by atoms with Crippen molar-refractivity contribution < 1.29 is 4.79 Å². The molecule has 2 heterocycles. The molecule has 0 aliphatic carbocycles. The van der Waals surface area contributed by atoms with E-state index >= 15 is 0 Å². The number of thiophene rings is 1. The van der Waals surface area contributed by atoms with E-state index in [2.05, 4.69) is 16.8 Å². The first-order valence-electron chi connectivity index (χ1n) is 4.46. The van der Waals surface area contributed by atoms with E-state index in [0.29, 0.717) is 0 Å². The average Bonchev–Trinajstić information content (AvgIpc) is 2.77. The Bertz CT molecular complexity index is 273. The fraction of sp³-hybridized carbons (Fsp3) is 0.500. The van der Waals surface area contributed by atoms with Gasteiger partial charge in [0.05, 0.1) is 4.75 Å². The molecule has 1 aromatic heterocycles. The van der Waals surface area contributed by atoms with Gasteiger partial charge in [-0.2, -0.15) is 11.3 Å². The fourth-order valence-corrected chi connectivity index (χ4v) is 3.72. The minimum absolute atomic E-state index is 0.0962. The second-order valence-electron chi connectivity index (χ2n) is 3.44. The maximum absolute atomic E-state index is 11.0. The van der Waals surface area contributed by atoms with Crippen LogP contribution in [0.15, 0.2) is 16.8 Å². The highest BCUT2D eigenvalue weighted by atomic mass is 32.2. The Balaban J connectivity index is 2.10. The summed E-state index contributed by atoms with van der Waals surface area (Å²) in [7, 11) is 0. The lowest BCUT2D eigenvalue weighted by Crippen LogP contribution is -2.25. The molecular weight excluding hydrogens is 200 g/mol. The highest BCUT2D eigenvalue weighted by Gasteiger charge is 2.34. The number of hydrogen-bond donors (Lipinski definition) is 0. The third-order valence-electron chi connectivity index (χ3n) is 2.43. The van der Waals surface area contributed by atoms with Gasteiger partial charge in [-0.15, -0.1) is 11.8 Å². The lowest BCUT2D eigenvalue weighted by atomic mass is 9.97. The zero-order valence-electron chi connectivity index (χ0n) is 7.36. The molecule has 13 heavy (non-hydrogen) atoms. The topological polar surface area (TPSA) is 17.1 Å². The molecule has 0 aromatic carbocycles. The lowest BCUT2D eigenvalue weighted by molar-refractivity contribution is -0.109. The molecule has 0 spiro atoms. The monoisotopic (exact) mass is 212 g/mol. The van der Waals surface area contributed by atoms with E-state index in [1.165, 1.54) is 12.0 Å². The Morgan fingerprint density at radius 2 is 2.54 bits per heavy atom. The van der Waals surface area contributed by atoms with Crippen molar-refractivity contribution in [2.45, 2.75) is 24.0 Å². The predicted octanol–water partition coefficient (Wildman–Crippen LogP) is 2.76. The van der Waals surface area contributed by atoms with Crippen molar-refractivity contribution in [3.8, 4) is 0 Å². The molecule has 1 aromatic rings. The van der Waals surface area contributed by atoms with Crippen molar-refractivity contribution in [1.82, 2.24) is 0 Å². The summed E-state index contributed by atoms with van der Waals surface area (Å²) in [6.07, 6.45) is 4.32. The smallest absolute Gasteiger partial charge is 0.136 e. The zero-order valence-corrected chi connectivity index (χ0v) is 9.00. The highest BCUT2D eigenvalue weighted by Crippen LogP contribution is 2.39. The predicted molar refractivity (Wildman–Crippen MR) is 58.5 cm³/mol. The number of carbonyl (C=O) groups is 1. The van der Waals surface area contributed by atoms with E-state index < -0.39 is 0 Å². The molecular formula is C10H12OS2. The molecule has 1 fully saturated rings. The third kappa shape index (κ3) is 1.97. The van der Waals surface area contributed by atoms with Crippen LogP contribution < -0.4 is 0 Å². The van der Waals surface area contributed by atoms with Gasteiger partial charge in [-0.3, -0.25) is 0 Å². The van der Waals surface area contributed by atoms with Gasteiger partial charge in [0.1, 0.15) is 6.29 Å². The molecule has 0 N–H and O–H groups in total. The third-order valence-corrected chi connectivity index (χ3v) is 4.68. The molecule has 1 saturated heterocycles. The van der Waals surface area contributed by atoms with Crippen LogP contribution in [-0.4, -0.2) is 16.8 Å². The highest BCUT2D eigenvalue weighted by molar-refractivity contribution is 8.01. The minimum atomic E-state index is -0.0962. The van der Waals surface area contributed by atoms with Crippen LogP contribution in [0, 0.1) is 0 Å². The SMILES string of the molecule is O=CC1(Cc2ccsc2)CCCS1. The first kappa shape index (κ1) is 9.28. The van der Waals surface area contributed by atoms with Crippen LogP contribution in [-0.2, 0) is 11.2 Å². The molecule has 1 nitrogen and oxygen atoms in total. The molecule has 0 amide bonds. The maximum atomic E-state index is 11.0. The second kappa shape index (κ2) is 3.84. The Labute approximate surface area is 86.5 Å². The van der Waals surface area contributed by atoms with Crippen LogP contribution in [0.3, 0.4) is 0 Å². The molecule has 1 atom stereocenters. The van der Waals surface area contributed by atoms with Gasteiger partial charge < -0.3 is 4.79 Å². The summed E-state index contributed by atoms with van der Waals surface area (Å²) >= 11 is 3.53. The minimum Gasteiger partial charge on any atom is -0.302 e. The Morgan fingerprint density at radius 1 is 1.62 bits per heavy atom. The van der Waals surface area contributed by atoms with Gasteiger partial charge in [-0.05, 0) is 47.4 Å². The number of carbonyl (C=O) groups excluding carboxylic acids is 1. The Hall–Kier alpha value is -0.280. The molecule has 3 heteroatoms. The van der Waals surface area contributed by atoms with Crippen LogP contribution in [0.5, 0.6) is 0 Å². The largest absolute Gasteiger partial charge is 0.302 e. The van der Waals surface area contributed by atoms with Gasteiger partial charge in [-0.25, -0.2) is 0 Å². The summed E-state index contributed by atoms with van der Waals surface area (Å²) in [5.41, 5.74) is 1.31. The van der Waals surface area contributed by atoms with Gasteiger partial charge in [0.25, 0.3) is 0 Å². The molecule has 70 valence electrons. The average molecular weight is 212 g/mol. The van der Waals surface area contributed by atoms with E-state index in [4.69, 9.17) is 0 Å². The number of rotatable bonds is 3. The van der Waals surface area contributed by atoms with E-state index in [0.717, 1.165) is 24.9 Å². The fourth-order valence-electron chi connectivity index (χ4n) is 1.73. The Kier molecular flexibility index (Phi) is 2.74. The number of hydrogen-bond acceptors (Lipinski definition) is 3. The van der Waals surface area contributed by atoms with Crippen LogP contribution >= 0.6 is 23.1 Å². The molecule has 1 aliphatic heterocycles. The summed E-state index contributed by atoms with van der Waals surface area (Å²) < 4.78 is -0.0962. The number of thioether (sulfide) groups is 1. The van der Waals surface area contributed by atoms with Crippen LogP contribution in [0.25, 0.3) is 0 Å². The number of aldehydes is 1. The van der Waals surface area contributed by atoms with Crippen LogP contribution in [0.4, 0.5) is 0 Å². The summed E-state index contributed by atoms with van der Waals surface area (Å²) in [6.45, 7) is 0. The van der Waals surface area contributed by atoms with E-state index in [-0.39, 0.29) is 4.75 Å². The van der Waals surface area contributed by atoms with E-state index in [1.807, 2.05) is 11.8 Å². The lowest BCUT2D eigenvalue weighted by Gasteiger charge is -2.19. The van der Waals surface area contributed by atoms with Gasteiger partial charge in [-0.1, -0.05) is 0 Å². The van der Waals surface area contributed by atoms with Crippen LogP contribution in [0.2, 0.25) is 0 Å². The van der Waals surface area contributed by atoms with Crippen molar-refractivity contribution in [1.29, 1.82) is 0 Å². The van der Waals surface area contributed by atoms with Crippen LogP contribution in [0.1, 0.15) is 18.4 Å². The van der Waals surface area contributed by atoms with E-state index in [1.54, 1.807) is 11.3 Å². The van der Waals surface area contributed by atoms with Gasteiger partial charge in [0, 0.05) is 0 Å². The normalized spacial score (nSPS) is 27.7. The first-order valence-corrected chi connectivity index (χ1v) is 6.39. The quantitative estimate of drug-likeness (QED) is 0.717. The van der Waals surface area contributed by atoms with Crippen molar-refractivity contribution in [3.63, 3.8) is 0 Å². The molecule has 2 rings (SSSR count). The van der Waals surface area contributed by atoms with Gasteiger partial charge >= 0.3 is 0 Å². The molecule has 0 saturated carbocycles. The second-order valence-corrected chi connectivity index (χ2v) is 5.73. The summed E-state index contributed by atoms with van der Waals surface area (Å²) in [6, 6.07) is 2.12. The van der Waals surface area contributed by atoms with Crippen molar-refractivity contribution in [3.05, 3.63) is 22.4 Å². The summed E-state index contributed by atoms with van der Waals surface area (Å²) in [5, 5.41) is 4.22. The standard InChI is InChI=1S/C10H12OS2/c11-8-10(3-1-4-13-10)6-9-2-5-12-7-9/h2,5,7-8H,1,3-4,6H2. The first-order chi connectivity index (χ1) is 6.35. The van der Waals surface area contributed by atoms with Gasteiger partial charge in [0.15, 0.2) is 0 Å². The summed E-state index contributed by atoms with van der Waals surface area (Å²) in [4.78, 5) is 11.0. The van der Waals surface area contributed by atoms with E-state index in [9.17, 15) is 4.79 Å². The van der Waals surface area contributed by atoms with Crippen molar-refractivity contribution in [2.75, 3.05) is 5.75 Å². The summed E-state index contributed by atoms with van der Waals surface area (Å²) in [5.74, 6) is 1.14. The molecule has 0 bridgehead atoms. The van der Waals surface area contributed by atoms with Crippen molar-refractivity contribution >= 4 is 29.4 Å². The van der Waals surface area contributed by atoms with Crippen molar-refractivity contribution in [2.24, 2.45) is 0 Å². The van der Waals surface area contributed by atoms with Gasteiger partial charge in [0.2, 0.25) is 0 Å².